The van der Waals surface area contributed by atoms with E-state index in [1.165, 1.54) is 0 Å². The fourth-order valence-electron chi connectivity index (χ4n) is 1.12. The highest BCUT2D eigenvalue weighted by Crippen LogP contribution is 2.08. The molecule has 16 heavy (non-hydrogen) atoms. The molecule has 0 bridgehead atoms. The molecule has 0 aliphatic carbocycles. The van der Waals surface area contributed by atoms with E-state index in [2.05, 4.69) is 20.7 Å². The number of hydrogen-bond acceptors (Lipinski definition) is 3. The van der Waals surface area contributed by atoms with Crippen LogP contribution >= 0.6 is 15.9 Å². The molecule has 90 valence electrons. The van der Waals surface area contributed by atoms with Crippen LogP contribution in [0.3, 0.4) is 0 Å². The smallest absolute Gasteiger partial charge is 0.240 e. The van der Waals surface area contributed by atoms with Crippen molar-refractivity contribution >= 4 is 26.0 Å². The van der Waals surface area contributed by atoms with Gasteiger partial charge in [-0.3, -0.25) is 0 Å². The number of sulfonamides is 1. The van der Waals surface area contributed by atoms with Gasteiger partial charge in [0.15, 0.2) is 0 Å². The summed E-state index contributed by atoms with van der Waals surface area (Å²) in [6.07, 6.45) is 0. The molecule has 0 saturated carbocycles. The van der Waals surface area contributed by atoms with Crippen LogP contribution < -0.4 is 4.72 Å². The molecule has 1 aromatic carbocycles. The third kappa shape index (κ3) is 4.21. The minimum Gasteiger partial charge on any atom is -0.383 e. The van der Waals surface area contributed by atoms with E-state index in [-0.39, 0.29) is 9.72 Å². The molecule has 0 spiro atoms. The van der Waals surface area contributed by atoms with Crippen LogP contribution in [0.2, 0.25) is 0 Å². The molecule has 0 amide bonds. The standard InChI is InChI=1S/C10H14BrNO3S/c1-15-8-9(11)7-12-16(13,14)10-5-3-2-4-6-10/h2-6,9,12H,7-8H2,1H3. The SMILES string of the molecule is COCC(Br)CNS(=O)(=O)c1ccccc1. The minimum atomic E-state index is -3.41. The Morgan fingerprint density at radius 2 is 2.00 bits per heavy atom. The second-order valence-corrected chi connectivity index (χ2v) is 6.28. The second-order valence-electron chi connectivity index (χ2n) is 3.22. The van der Waals surface area contributed by atoms with Crippen LogP contribution in [0.15, 0.2) is 35.2 Å². The van der Waals surface area contributed by atoms with Crippen LogP contribution in [0.25, 0.3) is 0 Å². The van der Waals surface area contributed by atoms with Gasteiger partial charge in [-0.2, -0.15) is 0 Å². The summed E-state index contributed by atoms with van der Waals surface area (Å²) < 4.78 is 30.9. The first-order chi connectivity index (χ1) is 7.56. The zero-order valence-electron chi connectivity index (χ0n) is 8.89. The molecule has 0 aliphatic heterocycles. The fourth-order valence-corrected chi connectivity index (χ4v) is 2.87. The van der Waals surface area contributed by atoms with Gasteiger partial charge in [-0.25, -0.2) is 13.1 Å². The summed E-state index contributed by atoms with van der Waals surface area (Å²) in [5, 5.41) is 0. The summed E-state index contributed by atoms with van der Waals surface area (Å²) >= 11 is 3.31. The Balaban J connectivity index is 2.60. The number of hydrogen-bond donors (Lipinski definition) is 1. The summed E-state index contributed by atoms with van der Waals surface area (Å²) in [4.78, 5) is 0.239. The third-order valence-corrected chi connectivity index (χ3v) is 3.92. The maximum atomic E-state index is 11.8. The highest BCUT2D eigenvalue weighted by molar-refractivity contribution is 9.09. The molecule has 6 heteroatoms. The van der Waals surface area contributed by atoms with Crippen LogP contribution in [-0.2, 0) is 14.8 Å². The molecule has 1 N–H and O–H groups in total. The van der Waals surface area contributed by atoms with Crippen molar-refractivity contribution in [2.75, 3.05) is 20.3 Å². The third-order valence-electron chi connectivity index (χ3n) is 1.90. The fraction of sp³-hybridized carbons (Fsp3) is 0.400. The second kappa shape index (κ2) is 6.34. The van der Waals surface area contributed by atoms with E-state index in [4.69, 9.17) is 4.74 Å². The Kier molecular flexibility index (Phi) is 5.40. The van der Waals surface area contributed by atoms with E-state index < -0.39 is 10.0 Å². The van der Waals surface area contributed by atoms with Gasteiger partial charge in [0.1, 0.15) is 0 Å². The molecule has 1 unspecified atom stereocenters. The molecular formula is C10H14BrNO3S. The number of ether oxygens (including phenoxy) is 1. The van der Waals surface area contributed by atoms with E-state index in [0.29, 0.717) is 13.2 Å². The van der Waals surface area contributed by atoms with E-state index in [1.807, 2.05) is 0 Å². The Morgan fingerprint density at radius 1 is 1.38 bits per heavy atom. The van der Waals surface area contributed by atoms with Gasteiger partial charge in [-0.1, -0.05) is 34.1 Å². The lowest BCUT2D eigenvalue weighted by Crippen LogP contribution is -2.31. The zero-order chi connectivity index (χ0) is 12.0. The van der Waals surface area contributed by atoms with E-state index in [1.54, 1.807) is 37.4 Å². The molecule has 0 heterocycles. The average molecular weight is 308 g/mol. The molecule has 1 rings (SSSR count). The Labute approximate surface area is 104 Å². The summed E-state index contributed by atoms with van der Waals surface area (Å²) in [6.45, 7) is 0.752. The van der Waals surface area contributed by atoms with Crippen molar-refractivity contribution in [3.05, 3.63) is 30.3 Å². The van der Waals surface area contributed by atoms with Crippen molar-refractivity contribution in [2.45, 2.75) is 9.72 Å². The largest absolute Gasteiger partial charge is 0.383 e. The zero-order valence-corrected chi connectivity index (χ0v) is 11.3. The normalized spacial score (nSPS) is 13.6. The number of methoxy groups -OCH3 is 1. The first kappa shape index (κ1) is 13.6. The molecule has 0 aliphatic rings. The Bertz CT molecular complexity index is 407. The number of halogens is 1. The van der Waals surface area contributed by atoms with Crippen molar-refractivity contribution in [3.63, 3.8) is 0 Å². The molecule has 0 saturated heterocycles. The quantitative estimate of drug-likeness (QED) is 0.808. The van der Waals surface area contributed by atoms with Gasteiger partial charge in [0.2, 0.25) is 10.0 Å². The van der Waals surface area contributed by atoms with Crippen molar-refractivity contribution in [1.82, 2.24) is 4.72 Å². The number of nitrogens with one attached hydrogen (secondary N) is 1. The van der Waals surface area contributed by atoms with Gasteiger partial charge >= 0.3 is 0 Å². The number of benzene rings is 1. The predicted molar refractivity (Wildman–Crippen MR) is 66.2 cm³/mol. The maximum Gasteiger partial charge on any atom is 0.240 e. The molecule has 1 aromatic rings. The lowest BCUT2D eigenvalue weighted by molar-refractivity contribution is 0.201. The van der Waals surface area contributed by atoms with Crippen molar-refractivity contribution < 1.29 is 13.2 Å². The first-order valence-electron chi connectivity index (χ1n) is 4.74. The van der Waals surface area contributed by atoms with Crippen molar-refractivity contribution in [2.24, 2.45) is 0 Å². The first-order valence-corrected chi connectivity index (χ1v) is 7.14. The summed E-state index contributed by atoms with van der Waals surface area (Å²) in [6, 6.07) is 8.27. The van der Waals surface area contributed by atoms with Gasteiger partial charge < -0.3 is 4.74 Å². The molecule has 0 aromatic heterocycles. The number of alkyl halides is 1. The Morgan fingerprint density at radius 3 is 2.56 bits per heavy atom. The van der Waals surface area contributed by atoms with Crippen LogP contribution in [0.5, 0.6) is 0 Å². The predicted octanol–water partition coefficient (Wildman–Crippen LogP) is 1.37. The highest BCUT2D eigenvalue weighted by atomic mass is 79.9. The van der Waals surface area contributed by atoms with E-state index >= 15 is 0 Å². The minimum absolute atomic E-state index is 0.0315. The molecule has 0 radical (unpaired) electrons. The van der Waals surface area contributed by atoms with E-state index in [0.717, 1.165) is 0 Å². The lowest BCUT2D eigenvalue weighted by Gasteiger charge is -2.10. The summed E-state index contributed by atoms with van der Waals surface area (Å²) in [5.74, 6) is 0. The summed E-state index contributed by atoms with van der Waals surface area (Å²) in [7, 11) is -1.84. The van der Waals surface area contributed by atoms with Crippen LogP contribution in [0, 0.1) is 0 Å². The summed E-state index contributed by atoms with van der Waals surface area (Å²) in [5.41, 5.74) is 0. The number of rotatable bonds is 6. The van der Waals surface area contributed by atoms with Gasteiger partial charge in [0.25, 0.3) is 0 Å². The van der Waals surface area contributed by atoms with Crippen LogP contribution in [-0.4, -0.2) is 33.5 Å². The molecule has 4 nitrogen and oxygen atoms in total. The molecule has 1 atom stereocenters. The van der Waals surface area contributed by atoms with E-state index in [9.17, 15) is 8.42 Å². The van der Waals surface area contributed by atoms with Crippen molar-refractivity contribution in [1.29, 1.82) is 0 Å². The average Bonchev–Trinajstić information content (AvgIpc) is 2.28. The van der Waals surface area contributed by atoms with Gasteiger partial charge in [0, 0.05) is 13.7 Å². The molecular weight excluding hydrogens is 294 g/mol. The van der Waals surface area contributed by atoms with Gasteiger partial charge in [-0.15, -0.1) is 0 Å². The van der Waals surface area contributed by atoms with Gasteiger partial charge in [0.05, 0.1) is 16.3 Å². The van der Waals surface area contributed by atoms with Crippen molar-refractivity contribution in [3.8, 4) is 0 Å². The van der Waals surface area contributed by atoms with Crippen LogP contribution in [0.1, 0.15) is 0 Å². The lowest BCUT2D eigenvalue weighted by atomic mass is 10.4. The highest BCUT2D eigenvalue weighted by Gasteiger charge is 2.14. The monoisotopic (exact) mass is 307 g/mol. The maximum absolute atomic E-state index is 11.8. The van der Waals surface area contributed by atoms with Crippen LogP contribution in [0.4, 0.5) is 0 Å². The topological polar surface area (TPSA) is 55.4 Å². The molecule has 0 fully saturated rings. The van der Waals surface area contributed by atoms with Gasteiger partial charge in [-0.05, 0) is 12.1 Å². The Hall–Kier alpha value is -0.430.